The van der Waals surface area contributed by atoms with Crippen LogP contribution in [0, 0.1) is 17.0 Å². The average Bonchev–Trinajstić information content (AvgIpc) is 2.74. The smallest absolute Gasteiger partial charge is 0.292 e. The molecule has 0 aliphatic carbocycles. The van der Waals surface area contributed by atoms with E-state index in [2.05, 4.69) is 10.3 Å². The molecule has 1 aromatic carbocycles. The molecule has 0 saturated heterocycles. The van der Waals surface area contributed by atoms with Crippen LogP contribution in [0.3, 0.4) is 0 Å². The molecule has 19 heavy (non-hydrogen) atoms. The van der Waals surface area contributed by atoms with Crippen LogP contribution in [0.1, 0.15) is 16.1 Å². The van der Waals surface area contributed by atoms with Gasteiger partial charge in [-0.05, 0) is 19.1 Å². The summed E-state index contributed by atoms with van der Waals surface area (Å²) in [5.74, 6) is -0.461. The molecule has 0 bridgehead atoms. The molecule has 0 atom stereocenters. The Morgan fingerprint density at radius 1 is 1.53 bits per heavy atom. The lowest BCUT2D eigenvalue weighted by Gasteiger charge is -2.03. The summed E-state index contributed by atoms with van der Waals surface area (Å²) in [5, 5.41) is 15.6. The number of amides is 1. The molecule has 0 unspecified atom stereocenters. The molecule has 0 aliphatic rings. The van der Waals surface area contributed by atoms with E-state index in [1.165, 1.54) is 23.5 Å². The molecule has 0 radical (unpaired) electrons. The first kappa shape index (κ1) is 13.0. The second-order valence-corrected chi connectivity index (χ2v) is 4.64. The number of carbonyl (C=O) groups is 1. The predicted octanol–water partition coefficient (Wildman–Crippen LogP) is 2.19. The van der Waals surface area contributed by atoms with Crippen molar-refractivity contribution in [2.75, 3.05) is 11.1 Å². The van der Waals surface area contributed by atoms with Crippen molar-refractivity contribution in [2.45, 2.75) is 6.92 Å². The number of hydrogen-bond donors (Lipinski definition) is 2. The van der Waals surface area contributed by atoms with Gasteiger partial charge in [-0.25, -0.2) is 4.98 Å². The van der Waals surface area contributed by atoms with Crippen LogP contribution in [-0.4, -0.2) is 15.8 Å². The summed E-state index contributed by atoms with van der Waals surface area (Å²) in [6.07, 6.45) is 0. The Hall–Kier alpha value is -2.48. The van der Waals surface area contributed by atoms with Crippen molar-refractivity contribution in [3.05, 3.63) is 45.0 Å². The summed E-state index contributed by atoms with van der Waals surface area (Å²) in [6.45, 7) is 1.81. The topological polar surface area (TPSA) is 111 Å². The molecule has 0 spiro atoms. The number of nitrogens with zero attached hydrogens (tertiary/aromatic N) is 2. The van der Waals surface area contributed by atoms with Gasteiger partial charge in [0, 0.05) is 17.0 Å². The summed E-state index contributed by atoms with van der Waals surface area (Å²) in [7, 11) is 0. The molecule has 98 valence electrons. The van der Waals surface area contributed by atoms with E-state index in [0.717, 1.165) is 11.8 Å². The van der Waals surface area contributed by atoms with Crippen molar-refractivity contribution in [3.63, 3.8) is 0 Å². The number of rotatable bonds is 3. The molecular weight excluding hydrogens is 268 g/mol. The maximum Gasteiger partial charge on any atom is 0.292 e. The Morgan fingerprint density at radius 2 is 2.26 bits per heavy atom. The van der Waals surface area contributed by atoms with Gasteiger partial charge in [-0.15, -0.1) is 11.3 Å². The first-order valence-corrected chi connectivity index (χ1v) is 6.12. The van der Waals surface area contributed by atoms with Crippen molar-refractivity contribution in [2.24, 2.45) is 0 Å². The van der Waals surface area contributed by atoms with Crippen molar-refractivity contribution in [3.8, 4) is 0 Å². The number of nitro benzene ring substituents is 1. The Kier molecular flexibility index (Phi) is 3.43. The molecule has 1 heterocycles. The van der Waals surface area contributed by atoms with Gasteiger partial charge in [0.2, 0.25) is 0 Å². The number of nitrogens with two attached hydrogens (primary N) is 1. The zero-order valence-electron chi connectivity index (χ0n) is 9.91. The minimum absolute atomic E-state index is 0.0200. The van der Waals surface area contributed by atoms with Gasteiger partial charge in [-0.2, -0.15) is 0 Å². The third kappa shape index (κ3) is 2.86. The quantitative estimate of drug-likeness (QED) is 0.508. The van der Waals surface area contributed by atoms with Crippen LogP contribution in [0.4, 0.5) is 16.5 Å². The summed E-state index contributed by atoms with van der Waals surface area (Å²) in [5.41, 5.74) is 6.15. The van der Waals surface area contributed by atoms with Gasteiger partial charge >= 0.3 is 0 Å². The van der Waals surface area contributed by atoms with Crippen molar-refractivity contribution < 1.29 is 9.72 Å². The van der Waals surface area contributed by atoms with E-state index < -0.39 is 10.8 Å². The van der Waals surface area contributed by atoms with Crippen molar-refractivity contribution >= 4 is 33.8 Å². The number of carbonyl (C=O) groups excluding carboxylic acids is 1. The number of hydrogen-bond acceptors (Lipinski definition) is 6. The minimum Gasteiger partial charge on any atom is -0.393 e. The van der Waals surface area contributed by atoms with E-state index in [1.807, 2.05) is 0 Å². The van der Waals surface area contributed by atoms with E-state index >= 15 is 0 Å². The summed E-state index contributed by atoms with van der Waals surface area (Å²) in [6, 6.07) is 3.91. The van der Waals surface area contributed by atoms with E-state index in [9.17, 15) is 14.9 Å². The number of benzene rings is 1. The van der Waals surface area contributed by atoms with Gasteiger partial charge in [0.15, 0.2) is 5.13 Å². The number of aryl methyl sites for hydroxylation is 1. The SMILES string of the molecule is Cc1csc(NC(=O)c2ccc(N)c([N+](=O)[O-])c2)n1. The summed E-state index contributed by atoms with van der Waals surface area (Å²) >= 11 is 1.28. The maximum atomic E-state index is 11.9. The molecule has 0 saturated carbocycles. The minimum atomic E-state index is -0.625. The molecule has 1 aromatic heterocycles. The largest absolute Gasteiger partial charge is 0.393 e. The van der Waals surface area contributed by atoms with Crippen LogP contribution in [0.5, 0.6) is 0 Å². The van der Waals surface area contributed by atoms with Gasteiger partial charge in [-0.1, -0.05) is 0 Å². The van der Waals surface area contributed by atoms with Crippen LogP contribution < -0.4 is 11.1 Å². The standard InChI is InChI=1S/C11H10N4O3S/c1-6-5-19-11(13-6)14-10(16)7-2-3-8(12)9(4-7)15(17)18/h2-5H,12H2,1H3,(H,13,14,16). The molecule has 7 nitrogen and oxygen atoms in total. The molecule has 0 fully saturated rings. The lowest BCUT2D eigenvalue weighted by Crippen LogP contribution is -2.12. The zero-order chi connectivity index (χ0) is 14.0. The highest BCUT2D eigenvalue weighted by molar-refractivity contribution is 7.13. The van der Waals surface area contributed by atoms with Gasteiger partial charge in [0.1, 0.15) is 5.69 Å². The second-order valence-electron chi connectivity index (χ2n) is 3.78. The average molecular weight is 278 g/mol. The lowest BCUT2D eigenvalue weighted by molar-refractivity contribution is -0.383. The van der Waals surface area contributed by atoms with Crippen LogP contribution in [-0.2, 0) is 0 Å². The highest BCUT2D eigenvalue weighted by Crippen LogP contribution is 2.23. The molecule has 1 amide bonds. The number of nitrogens with one attached hydrogen (secondary N) is 1. The summed E-state index contributed by atoms with van der Waals surface area (Å²) in [4.78, 5) is 26.1. The van der Waals surface area contributed by atoms with Crippen LogP contribution >= 0.6 is 11.3 Å². The Balaban J connectivity index is 2.24. The molecule has 3 N–H and O–H groups in total. The third-order valence-electron chi connectivity index (χ3n) is 2.33. The van der Waals surface area contributed by atoms with E-state index in [1.54, 1.807) is 12.3 Å². The van der Waals surface area contributed by atoms with Crippen molar-refractivity contribution in [1.29, 1.82) is 0 Å². The summed E-state index contributed by atoms with van der Waals surface area (Å²) < 4.78 is 0. The van der Waals surface area contributed by atoms with Crippen LogP contribution in [0.2, 0.25) is 0 Å². The van der Waals surface area contributed by atoms with Gasteiger partial charge in [0.05, 0.1) is 10.6 Å². The highest BCUT2D eigenvalue weighted by atomic mass is 32.1. The Bertz CT molecular complexity index is 653. The highest BCUT2D eigenvalue weighted by Gasteiger charge is 2.16. The number of aromatic nitrogens is 1. The lowest BCUT2D eigenvalue weighted by atomic mass is 10.1. The molecule has 2 aromatic rings. The fourth-order valence-corrected chi connectivity index (χ4v) is 2.11. The molecule has 8 heteroatoms. The Labute approximate surface area is 112 Å². The number of anilines is 2. The zero-order valence-corrected chi connectivity index (χ0v) is 10.7. The third-order valence-corrected chi connectivity index (χ3v) is 3.20. The number of thiazole rings is 1. The van der Waals surface area contributed by atoms with Crippen LogP contribution in [0.15, 0.2) is 23.6 Å². The fourth-order valence-electron chi connectivity index (χ4n) is 1.42. The maximum absolute atomic E-state index is 11.9. The van der Waals surface area contributed by atoms with Gasteiger partial charge in [0.25, 0.3) is 11.6 Å². The monoisotopic (exact) mass is 278 g/mol. The molecule has 2 rings (SSSR count). The number of nitro groups is 1. The number of nitrogen functional groups attached to an aromatic ring is 1. The predicted molar refractivity (Wildman–Crippen MR) is 72.3 cm³/mol. The van der Waals surface area contributed by atoms with E-state index in [4.69, 9.17) is 5.73 Å². The molecule has 0 aliphatic heterocycles. The van der Waals surface area contributed by atoms with E-state index in [0.29, 0.717) is 5.13 Å². The normalized spacial score (nSPS) is 10.2. The second kappa shape index (κ2) is 5.02. The van der Waals surface area contributed by atoms with E-state index in [-0.39, 0.29) is 16.9 Å². The van der Waals surface area contributed by atoms with Crippen LogP contribution in [0.25, 0.3) is 0 Å². The fraction of sp³-hybridized carbons (Fsp3) is 0.0909. The van der Waals surface area contributed by atoms with Crippen molar-refractivity contribution in [1.82, 2.24) is 4.98 Å². The first-order valence-electron chi connectivity index (χ1n) is 5.25. The van der Waals surface area contributed by atoms with Gasteiger partial charge in [-0.3, -0.25) is 20.2 Å². The Morgan fingerprint density at radius 3 is 2.84 bits per heavy atom. The van der Waals surface area contributed by atoms with Gasteiger partial charge < -0.3 is 5.73 Å². The first-order chi connectivity index (χ1) is 8.97. The molecular formula is C11H10N4O3S.